The summed E-state index contributed by atoms with van der Waals surface area (Å²) in [7, 11) is 0. The highest BCUT2D eigenvalue weighted by Gasteiger charge is 2.18. The van der Waals surface area contributed by atoms with Crippen LogP contribution in [0.3, 0.4) is 0 Å². The normalized spacial score (nSPS) is 11.5. The fourth-order valence-electron chi connectivity index (χ4n) is 2.38. The predicted octanol–water partition coefficient (Wildman–Crippen LogP) is 3.56. The Balaban J connectivity index is 1.85. The van der Waals surface area contributed by atoms with Crippen LogP contribution in [0.15, 0.2) is 42.5 Å². The number of ether oxygens (including phenoxy) is 2. The van der Waals surface area contributed by atoms with E-state index in [1.807, 2.05) is 57.2 Å². The van der Waals surface area contributed by atoms with E-state index in [4.69, 9.17) is 9.47 Å². The van der Waals surface area contributed by atoms with E-state index < -0.39 is 12.1 Å². The van der Waals surface area contributed by atoms with Crippen LogP contribution in [-0.2, 0) is 14.3 Å². The standard InChI is InChI=1S/C20H23NO4/c1-13-7-5-10-17(11-13)25-16(4)20(23)24-12-18(22)21-19-14(2)8-6-9-15(19)3/h5-11,16H,12H2,1-4H3,(H,21,22)/t16-/m1/s1. The lowest BCUT2D eigenvalue weighted by molar-refractivity contribution is -0.153. The van der Waals surface area contributed by atoms with Crippen LogP contribution >= 0.6 is 0 Å². The van der Waals surface area contributed by atoms with Crippen molar-refractivity contribution >= 4 is 17.6 Å². The molecule has 0 radical (unpaired) electrons. The van der Waals surface area contributed by atoms with Crippen LogP contribution in [0.2, 0.25) is 0 Å². The molecular weight excluding hydrogens is 318 g/mol. The quantitative estimate of drug-likeness (QED) is 0.816. The van der Waals surface area contributed by atoms with E-state index in [1.54, 1.807) is 13.0 Å². The number of hydrogen-bond donors (Lipinski definition) is 1. The summed E-state index contributed by atoms with van der Waals surface area (Å²) in [6, 6.07) is 13.1. The van der Waals surface area contributed by atoms with Crippen molar-refractivity contribution in [3.63, 3.8) is 0 Å². The Morgan fingerprint density at radius 1 is 1.04 bits per heavy atom. The molecule has 0 aliphatic rings. The SMILES string of the molecule is Cc1cccc(O[C@H](C)C(=O)OCC(=O)Nc2c(C)cccc2C)c1. The van der Waals surface area contributed by atoms with Gasteiger partial charge in [0.2, 0.25) is 0 Å². The molecule has 25 heavy (non-hydrogen) atoms. The lowest BCUT2D eigenvalue weighted by Gasteiger charge is -2.15. The molecule has 2 aromatic carbocycles. The molecule has 0 saturated carbocycles. The third kappa shape index (κ3) is 5.35. The molecule has 5 heteroatoms. The van der Waals surface area contributed by atoms with Gasteiger partial charge in [-0.05, 0) is 56.5 Å². The predicted molar refractivity (Wildman–Crippen MR) is 96.8 cm³/mol. The summed E-state index contributed by atoms with van der Waals surface area (Å²) in [5.41, 5.74) is 3.69. The van der Waals surface area contributed by atoms with Crippen LogP contribution < -0.4 is 10.1 Å². The van der Waals surface area contributed by atoms with Crippen LogP contribution in [0, 0.1) is 20.8 Å². The van der Waals surface area contributed by atoms with Crippen LogP contribution in [0.5, 0.6) is 5.75 Å². The number of carbonyl (C=O) groups is 2. The van der Waals surface area contributed by atoms with Gasteiger partial charge in [0.15, 0.2) is 12.7 Å². The van der Waals surface area contributed by atoms with Gasteiger partial charge in [0, 0.05) is 5.69 Å². The summed E-state index contributed by atoms with van der Waals surface area (Å²) in [5.74, 6) is -0.379. The topological polar surface area (TPSA) is 64.6 Å². The molecular formula is C20H23NO4. The Morgan fingerprint density at radius 3 is 2.32 bits per heavy atom. The molecule has 0 aliphatic heterocycles. The zero-order valence-electron chi connectivity index (χ0n) is 15.0. The maximum Gasteiger partial charge on any atom is 0.347 e. The molecule has 2 rings (SSSR count). The number of carbonyl (C=O) groups excluding carboxylic acids is 2. The Labute approximate surface area is 148 Å². The number of esters is 1. The minimum Gasteiger partial charge on any atom is -0.479 e. The van der Waals surface area contributed by atoms with Gasteiger partial charge in [-0.15, -0.1) is 0 Å². The smallest absolute Gasteiger partial charge is 0.347 e. The van der Waals surface area contributed by atoms with Gasteiger partial charge in [-0.25, -0.2) is 4.79 Å². The van der Waals surface area contributed by atoms with Gasteiger partial charge in [0.25, 0.3) is 5.91 Å². The Kier molecular flexibility index (Phi) is 6.17. The summed E-state index contributed by atoms with van der Waals surface area (Å²) >= 11 is 0. The summed E-state index contributed by atoms with van der Waals surface area (Å²) in [6.45, 7) is 6.99. The lowest BCUT2D eigenvalue weighted by atomic mass is 10.1. The van der Waals surface area contributed by atoms with E-state index >= 15 is 0 Å². The number of amides is 1. The average Bonchev–Trinajstić information content (AvgIpc) is 2.56. The molecule has 0 saturated heterocycles. The van der Waals surface area contributed by atoms with Crippen LogP contribution in [-0.4, -0.2) is 24.6 Å². The highest BCUT2D eigenvalue weighted by molar-refractivity contribution is 5.94. The third-order valence-corrected chi connectivity index (χ3v) is 3.73. The molecule has 1 amide bonds. The Hall–Kier alpha value is -2.82. The van der Waals surface area contributed by atoms with Gasteiger partial charge in [0.1, 0.15) is 5.75 Å². The monoisotopic (exact) mass is 341 g/mol. The Bertz CT molecular complexity index is 750. The van der Waals surface area contributed by atoms with E-state index in [2.05, 4.69) is 5.32 Å². The molecule has 2 aromatic rings. The lowest BCUT2D eigenvalue weighted by Crippen LogP contribution is -2.30. The van der Waals surface area contributed by atoms with Crippen molar-refractivity contribution in [3.05, 3.63) is 59.2 Å². The molecule has 132 valence electrons. The molecule has 0 fully saturated rings. The number of nitrogens with one attached hydrogen (secondary N) is 1. The maximum absolute atomic E-state index is 12.0. The number of rotatable bonds is 6. The summed E-state index contributed by atoms with van der Waals surface area (Å²) in [4.78, 5) is 24.0. The zero-order valence-corrected chi connectivity index (χ0v) is 15.0. The fraction of sp³-hybridized carbons (Fsp3) is 0.300. The molecule has 0 bridgehead atoms. The number of hydrogen-bond acceptors (Lipinski definition) is 4. The van der Waals surface area contributed by atoms with E-state index in [1.165, 1.54) is 0 Å². The van der Waals surface area contributed by atoms with Gasteiger partial charge in [-0.1, -0.05) is 30.3 Å². The van der Waals surface area contributed by atoms with Crippen molar-refractivity contribution in [2.45, 2.75) is 33.8 Å². The van der Waals surface area contributed by atoms with Crippen LogP contribution in [0.25, 0.3) is 0 Å². The van der Waals surface area contributed by atoms with Gasteiger partial charge in [-0.3, -0.25) is 4.79 Å². The number of anilines is 1. The molecule has 0 unspecified atom stereocenters. The molecule has 1 N–H and O–H groups in total. The first-order valence-electron chi connectivity index (χ1n) is 8.13. The molecule has 0 spiro atoms. The van der Waals surface area contributed by atoms with Crippen molar-refractivity contribution in [2.24, 2.45) is 0 Å². The van der Waals surface area contributed by atoms with Crippen LogP contribution in [0.4, 0.5) is 5.69 Å². The second kappa shape index (κ2) is 8.33. The highest BCUT2D eigenvalue weighted by Crippen LogP contribution is 2.19. The molecule has 0 aliphatic carbocycles. The second-order valence-electron chi connectivity index (χ2n) is 6.00. The zero-order chi connectivity index (χ0) is 18.4. The van der Waals surface area contributed by atoms with E-state index in [9.17, 15) is 9.59 Å². The first kappa shape index (κ1) is 18.5. The van der Waals surface area contributed by atoms with Gasteiger partial charge >= 0.3 is 5.97 Å². The molecule has 1 atom stereocenters. The van der Waals surface area contributed by atoms with E-state index in [0.717, 1.165) is 22.4 Å². The largest absolute Gasteiger partial charge is 0.479 e. The van der Waals surface area contributed by atoms with Crippen molar-refractivity contribution < 1.29 is 19.1 Å². The molecule has 0 aromatic heterocycles. The van der Waals surface area contributed by atoms with Gasteiger partial charge in [-0.2, -0.15) is 0 Å². The van der Waals surface area contributed by atoms with Gasteiger partial charge < -0.3 is 14.8 Å². The van der Waals surface area contributed by atoms with E-state index in [-0.39, 0.29) is 12.5 Å². The van der Waals surface area contributed by atoms with Crippen molar-refractivity contribution in [1.82, 2.24) is 0 Å². The third-order valence-electron chi connectivity index (χ3n) is 3.73. The highest BCUT2D eigenvalue weighted by atomic mass is 16.6. The van der Waals surface area contributed by atoms with Crippen molar-refractivity contribution in [1.29, 1.82) is 0 Å². The first-order valence-corrected chi connectivity index (χ1v) is 8.13. The number of benzene rings is 2. The minimum atomic E-state index is -0.796. The van der Waals surface area contributed by atoms with Crippen molar-refractivity contribution in [3.8, 4) is 5.75 Å². The van der Waals surface area contributed by atoms with Crippen molar-refractivity contribution in [2.75, 3.05) is 11.9 Å². The Morgan fingerprint density at radius 2 is 1.68 bits per heavy atom. The van der Waals surface area contributed by atoms with Gasteiger partial charge in [0.05, 0.1) is 0 Å². The molecule has 5 nitrogen and oxygen atoms in total. The first-order chi connectivity index (χ1) is 11.9. The minimum absolute atomic E-state index is 0.353. The average molecular weight is 341 g/mol. The summed E-state index contributed by atoms with van der Waals surface area (Å²) < 4.78 is 10.6. The maximum atomic E-state index is 12.0. The van der Waals surface area contributed by atoms with Crippen LogP contribution in [0.1, 0.15) is 23.6 Å². The van der Waals surface area contributed by atoms with E-state index in [0.29, 0.717) is 5.75 Å². The summed E-state index contributed by atoms with van der Waals surface area (Å²) in [5, 5.41) is 2.77. The fourth-order valence-corrected chi connectivity index (χ4v) is 2.38. The summed E-state index contributed by atoms with van der Waals surface area (Å²) in [6.07, 6.45) is -0.796. The molecule has 0 heterocycles. The number of aryl methyl sites for hydroxylation is 3. The number of para-hydroxylation sites is 1. The second-order valence-corrected chi connectivity index (χ2v) is 6.00.